The van der Waals surface area contributed by atoms with Gasteiger partial charge in [0.25, 0.3) is 5.56 Å². The number of amides is 1. The summed E-state index contributed by atoms with van der Waals surface area (Å²) in [6.45, 7) is 1.78. The second-order valence-corrected chi connectivity index (χ2v) is 10.5. The summed E-state index contributed by atoms with van der Waals surface area (Å²) in [5, 5.41) is 3.33. The summed E-state index contributed by atoms with van der Waals surface area (Å²) in [5.41, 5.74) is 1.32. The second-order valence-electron chi connectivity index (χ2n) is 7.20. The van der Waals surface area contributed by atoms with Crippen LogP contribution in [0.2, 0.25) is 0 Å². The first-order chi connectivity index (χ1) is 15.1. The number of nitrogens with zero attached hydrogens (tertiary/aromatic N) is 4. The summed E-state index contributed by atoms with van der Waals surface area (Å²) in [6.07, 6.45) is 1.47. The van der Waals surface area contributed by atoms with Crippen LogP contribution in [0.15, 0.2) is 63.4 Å². The highest BCUT2D eigenvalue weighted by molar-refractivity contribution is 7.99. The minimum Gasteiger partial charge on any atom is -0.320 e. The number of anilines is 1. The van der Waals surface area contributed by atoms with Crippen LogP contribution in [0, 0.1) is 6.92 Å². The number of sulfonamides is 1. The molecule has 0 radical (unpaired) electrons. The molecular weight excluding hydrogens is 450 g/mol. The van der Waals surface area contributed by atoms with Crippen molar-refractivity contribution in [3.63, 3.8) is 0 Å². The van der Waals surface area contributed by atoms with Crippen molar-refractivity contribution in [2.45, 2.75) is 23.3 Å². The van der Waals surface area contributed by atoms with Gasteiger partial charge in [0.15, 0.2) is 0 Å². The smallest absolute Gasteiger partial charge is 0.295 e. The van der Waals surface area contributed by atoms with Crippen LogP contribution in [0.5, 0.6) is 0 Å². The third-order valence-corrected chi connectivity index (χ3v) is 7.63. The quantitative estimate of drug-likeness (QED) is 0.501. The van der Waals surface area contributed by atoms with Crippen LogP contribution in [0.1, 0.15) is 12.1 Å². The monoisotopic (exact) mass is 475 g/mol. The fourth-order valence-corrected chi connectivity index (χ4v) is 4.61. The first kappa shape index (κ1) is 23.8. The fraction of sp³-hybridized carbons (Fsp3) is 0.286. The van der Waals surface area contributed by atoms with Gasteiger partial charge in [0.1, 0.15) is 10.6 Å². The van der Waals surface area contributed by atoms with E-state index in [0.29, 0.717) is 22.2 Å². The first-order valence-corrected chi connectivity index (χ1v) is 12.2. The van der Waals surface area contributed by atoms with Crippen LogP contribution < -0.4 is 10.9 Å². The molecule has 9 nitrogen and oxygen atoms in total. The lowest BCUT2D eigenvalue weighted by Gasteiger charge is -2.11. The Bertz CT molecular complexity index is 1260. The van der Waals surface area contributed by atoms with Crippen molar-refractivity contribution in [2.24, 2.45) is 7.05 Å². The third kappa shape index (κ3) is 4.95. The molecule has 0 bridgehead atoms. The van der Waals surface area contributed by atoms with Crippen LogP contribution in [0.3, 0.4) is 0 Å². The molecule has 0 fully saturated rings. The highest BCUT2D eigenvalue weighted by Gasteiger charge is 2.19. The topological polar surface area (TPSA) is 106 Å². The second kappa shape index (κ2) is 9.72. The van der Waals surface area contributed by atoms with Crippen molar-refractivity contribution in [1.29, 1.82) is 0 Å². The normalized spacial score (nSPS) is 11.7. The van der Waals surface area contributed by atoms with E-state index in [1.165, 1.54) is 42.8 Å². The van der Waals surface area contributed by atoms with Crippen molar-refractivity contribution in [2.75, 3.05) is 25.2 Å². The van der Waals surface area contributed by atoms with Gasteiger partial charge >= 0.3 is 0 Å². The number of carbonyl (C=O) groups excluding carboxylic acids is 1. The summed E-state index contributed by atoms with van der Waals surface area (Å²) in [6, 6.07) is 12.3. The van der Waals surface area contributed by atoms with Gasteiger partial charge in [0.2, 0.25) is 15.9 Å². The van der Waals surface area contributed by atoms with Gasteiger partial charge in [0, 0.05) is 39.5 Å². The van der Waals surface area contributed by atoms with E-state index in [-0.39, 0.29) is 28.5 Å². The molecule has 11 heteroatoms. The molecule has 1 N–H and O–H groups in total. The lowest BCUT2D eigenvalue weighted by Crippen LogP contribution is -2.23. The number of rotatable bonds is 8. The van der Waals surface area contributed by atoms with E-state index < -0.39 is 10.0 Å². The van der Waals surface area contributed by atoms with Gasteiger partial charge in [-0.2, -0.15) is 0 Å². The molecule has 170 valence electrons. The molecule has 1 aromatic carbocycles. The van der Waals surface area contributed by atoms with E-state index in [9.17, 15) is 18.0 Å². The lowest BCUT2D eigenvalue weighted by atomic mass is 10.3. The van der Waals surface area contributed by atoms with Crippen LogP contribution in [0.25, 0.3) is 5.69 Å². The van der Waals surface area contributed by atoms with Crippen molar-refractivity contribution >= 4 is 33.4 Å². The summed E-state index contributed by atoms with van der Waals surface area (Å²) < 4.78 is 28.5. The van der Waals surface area contributed by atoms with Crippen LogP contribution >= 0.6 is 11.8 Å². The largest absolute Gasteiger partial charge is 0.320 e. The molecule has 0 spiro atoms. The Balaban J connectivity index is 1.62. The fourth-order valence-electron chi connectivity index (χ4n) is 2.98. The molecule has 0 aliphatic rings. The standard InChI is InChI=1S/C21H25N5O4S2/c1-15-20(21(28)26(25(15)4)16-8-6-5-7-9-16)23-18(27)12-13-31-19-11-10-17(14-22-19)32(29,30)24(2)3/h5-11,14H,12-13H2,1-4H3,(H,23,27). The van der Waals surface area contributed by atoms with Gasteiger partial charge in [-0.25, -0.2) is 22.4 Å². The zero-order valence-corrected chi connectivity index (χ0v) is 19.9. The predicted molar refractivity (Wildman–Crippen MR) is 125 cm³/mol. The number of benzene rings is 1. The highest BCUT2D eigenvalue weighted by atomic mass is 32.2. The van der Waals surface area contributed by atoms with Crippen molar-refractivity contribution < 1.29 is 13.2 Å². The molecule has 0 unspecified atom stereocenters. The summed E-state index contributed by atoms with van der Waals surface area (Å²) in [4.78, 5) is 29.6. The summed E-state index contributed by atoms with van der Waals surface area (Å²) in [7, 11) is 1.15. The average molecular weight is 476 g/mol. The summed E-state index contributed by atoms with van der Waals surface area (Å²) >= 11 is 1.33. The molecule has 1 amide bonds. The maximum absolute atomic E-state index is 12.9. The lowest BCUT2D eigenvalue weighted by molar-refractivity contribution is -0.115. The van der Waals surface area contributed by atoms with Crippen LogP contribution in [-0.2, 0) is 21.9 Å². The Morgan fingerprint density at radius 1 is 1.16 bits per heavy atom. The van der Waals surface area contributed by atoms with Crippen molar-refractivity contribution in [3.8, 4) is 5.69 Å². The Kier molecular flexibility index (Phi) is 7.22. The molecule has 0 saturated heterocycles. The van der Waals surface area contributed by atoms with Crippen LogP contribution in [0.4, 0.5) is 5.69 Å². The van der Waals surface area contributed by atoms with Crippen molar-refractivity contribution in [3.05, 3.63) is 64.7 Å². The van der Waals surface area contributed by atoms with Gasteiger partial charge in [-0.3, -0.25) is 14.3 Å². The number of para-hydroxylation sites is 1. The molecule has 0 aliphatic carbocycles. The highest BCUT2D eigenvalue weighted by Crippen LogP contribution is 2.20. The maximum Gasteiger partial charge on any atom is 0.295 e. The number of thioether (sulfide) groups is 1. The molecule has 2 aromatic heterocycles. The number of aromatic nitrogens is 3. The Hall–Kier alpha value is -2.89. The number of hydrogen-bond donors (Lipinski definition) is 1. The van der Waals surface area contributed by atoms with E-state index in [0.717, 1.165) is 4.31 Å². The molecule has 3 aromatic rings. The molecule has 0 aliphatic heterocycles. The predicted octanol–water partition coefficient (Wildman–Crippen LogP) is 2.25. The van der Waals surface area contributed by atoms with Gasteiger partial charge in [-0.15, -0.1) is 11.8 Å². The Labute approximate surface area is 191 Å². The van der Waals surface area contributed by atoms with Gasteiger partial charge in [-0.05, 0) is 31.2 Å². The third-order valence-electron chi connectivity index (χ3n) is 4.89. The number of carbonyl (C=O) groups is 1. The van der Waals surface area contributed by atoms with E-state index in [2.05, 4.69) is 10.3 Å². The van der Waals surface area contributed by atoms with E-state index >= 15 is 0 Å². The maximum atomic E-state index is 12.9. The number of pyridine rings is 1. The zero-order valence-electron chi connectivity index (χ0n) is 18.3. The Morgan fingerprint density at radius 2 is 1.84 bits per heavy atom. The van der Waals surface area contributed by atoms with E-state index in [1.807, 2.05) is 30.3 Å². The number of nitrogens with one attached hydrogen (secondary N) is 1. The Morgan fingerprint density at radius 3 is 2.44 bits per heavy atom. The van der Waals surface area contributed by atoms with Gasteiger partial charge in [0.05, 0.1) is 16.4 Å². The zero-order chi connectivity index (χ0) is 23.5. The van der Waals surface area contributed by atoms with Gasteiger partial charge < -0.3 is 5.32 Å². The first-order valence-electron chi connectivity index (χ1n) is 9.78. The molecular formula is C21H25N5O4S2. The molecule has 0 atom stereocenters. The van der Waals surface area contributed by atoms with Crippen LogP contribution in [-0.4, -0.2) is 52.8 Å². The minimum absolute atomic E-state index is 0.110. The van der Waals surface area contributed by atoms with E-state index in [4.69, 9.17) is 0 Å². The van der Waals surface area contributed by atoms with E-state index in [1.54, 1.807) is 24.7 Å². The SMILES string of the molecule is Cc1c(NC(=O)CCSc2ccc(S(=O)(=O)N(C)C)cn2)c(=O)n(-c2ccccc2)n1C. The molecule has 0 saturated carbocycles. The molecule has 3 rings (SSSR count). The average Bonchev–Trinajstić information content (AvgIpc) is 2.97. The molecule has 2 heterocycles. The van der Waals surface area contributed by atoms with Gasteiger partial charge in [-0.1, -0.05) is 18.2 Å². The molecule has 32 heavy (non-hydrogen) atoms. The summed E-state index contributed by atoms with van der Waals surface area (Å²) in [5.74, 6) is 0.146. The minimum atomic E-state index is -3.53. The number of hydrogen-bond acceptors (Lipinski definition) is 6. The van der Waals surface area contributed by atoms with Crippen molar-refractivity contribution in [1.82, 2.24) is 18.7 Å².